The highest BCUT2D eigenvalue weighted by molar-refractivity contribution is 6.03. The predicted octanol–water partition coefficient (Wildman–Crippen LogP) is 4.04. The molecule has 0 aliphatic heterocycles. The van der Waals surface area contributed by atoms with E-state index in [4.69, 9.17) is 0 Å². The fourth-order valence-corrected chi connectivity index (χ4v) is 3.83. The van der Waals surface area contributed by atoms with Crippen LogP contribution in [0.1, 0.15) is 34.9 Å². The number of carbonyl (C=O) groups excluding carboxylic acids is 1. The Bertz CT molecular complexity index is 1470. The summed E-state index contributed by atoms with van der Waals surface area (Å²) in [5.74, 6) is 0.939. The molecule has 1 fully saturated rings. The van der Waals surface area contributed by atoms with Crippen LogP contribution in [0.25, 0.3) is 22.8 Å². The van der Waals surface area contributed by atoms with Crippen LogP contribution in [-0.4, -0.2) is 40.2 Å². The average molecular weight is 448 g/mol. The maximum absolute atomic E-state index is 13.0. The van der Waals surface area contributed by atoms with Gasteiger partial charge in [-0.15, -0.1) is 10.2 Å². The lowest BCUT2D eigenvalue weighted by Crippen LogP contribution is -2.14. The first-order valence-corrected chi connectivity index (χ1v) is 11.0. The summed E-state index contributed by atoms with van der Waals surface area (Å²) in [6.45, 7) is 0. The van der Waals surface area contributed by atoms with Crippen LogP contribution >= 0.6 is 0 Å². The molecule has 0 radical (unpaired) electrons. The van der Waals surface area contributed by atoms with Crippen molar-refractivity contribution in [3.63, 3.8) is 0 Å². The van der Waals surface area contributed by atoms with Crippen molar-refractivity contribution < 1.29 is 4.79 Å². The Hall–Kier alpha value is -4.66. The number of anilines is 1. The highest BCUT2D eigenvalue weighted by Gasteiger charge is 2.25. The van der Waals surface area contributed by atoms with Gasteiger partial charge in [-0.25, -0.2) is 4.98 Å². The molecule has 1 saturated carbocycles. The lowest BCUT2D eigenvalue weighted by Gasteiger charge is -2.09. The number of rotatable bonds is 6. The number of pyridine rings is 2. The van der Waals surface area contributed by atoms with E-state index in [9.17, 15) is 4.79 Å². The van der Waals surface area contributed by atoms with E-state index in [1.807, 2.05) is 57.8 Å². The van der Waals surface area contributed by atoms with Crippen molar-refractivity contribution in [3.05, 3.63) is 97.4 Å². The molecule has 1 N–H and O–H groups in total. The number of nitrogens with one attached hydrogen (secondary N) is 1. The number of carbonyl (C=O) groups is 1. The van der Waals surface area contributed by atoms with E-state index in [-0.39, 0.29) is 5.91 Å². The van der Waals surface area contributed by atoms with Crippen molar-refractivity contribution in [2.45, 2.75) is 18.8 Å². The largest absolute Gasteiger partial charge is 0.321 e. The van der Waals surface area contributed by atoms with E-state index in [0.717, 1.165) is 22.6 Å². The number of benzene rings is 1. The van der Waals surface area contributed by atoms with Crippen LogP contribution in [0, 0.1) is 0 Å². The van der Waals surface area contributed by atoms with Crippen LogP contribution in [-0.2, 0) is 0 Å². The topological polar surface area (TPSA) is 103 Å². The van der Waals surface area contributed by atoms with E-state index in [0.29, 0.717) is 23.1 Å². The molecule has 0 atom stereocenters. The summed E-state index contributed by atoms with van der Waals surface area (Å²) in [5.41, 5.74) is 4.62. The van der Waals surface area contributed by atoms with Gasteiger partial charge in [-0.3, -0.25) is 19.3 Å². The van der Waals surface area contributed by atoms with Crippen LogP contribution in [0.4, 0.5) is 5.69 Å². The molecule has 4 heterocycles. The molecule has 166 valence electrons. The molecule has 1 aromatic carbocycles. The average Bonchev–Trinajstić information content (AvgIpc) is 3.40. The van der Waals surface area contributed by atoms with Gasteiger partial charge in [0.05, 0.1) is 23.4 Å². The first-order chi connectivity index (χ1) is 16.7. The molecular formula is C25H20N8O. The molecule has 34 heavy (non-hydrogen) atoms. The molecule has 0 saturated heterocycles. The molecule has 0 bridgehead atoms. The van der Waals surface area contributed by atoms with Gasteiger partial charge in [0.1, 0.15) is 12.0 Å². The van der Waals surface area contributed by atoms with Gasteiger partial charge in [-0.1, -0.05) is 12.1 Å². The smallest absolute Gasteiger partial charge is 0.274 e. The Balaban J connectivity index is 1.23. The molecule has 1 aliphatic rings. The van der Waals surface area contributed by atoms with Gasteiger partial charge in [-0.05, 0) is 49.2 Å². The monoisotopic (exact) mass is 448 g/mol. The lowest BCUT2D eigenvalue weighted by molar-refractivity contribution is 0.102. The quantitative estimate of drug-likeness (QED) is 0.421. The highest BCUT2D eigenvalue weighted by atomic mass is 16.1. The van der Waals surface area contributed by atoms with E-state index in [1.54, 1.807) is 37.3 Å². The van der Waals surface area contributed by atoms with Gasteiger partial charge >= 0.3 is 0 Å². The van der Waals surface area contributed by atoms with Crippen LogP contribution in [0.5, 0.6) is 0 Å². The third-order valence-corrected chi connectivity index (χ3v) is 5.74. The molecule has 1 aliphatic carbocycles. The second kappa shape index (κ2) is 8.36. The normalized spacial score (nSPS) is 13.1. The van der Waals surface area contributed by atoms with Crippen LogP contribution in [0.3, 0.4) is 0 Å². The van der Waals surface area contributed by atoms with Crippen molar-refractivity contribution in [2.24, 2.45) is 0 Å². The summed E-state index contributed by atoms with van der Waals surface area (Å²) >= 11 is 0. The van der Waals surface area contributed by atoms with Crippen molar-refractivity contribution in [1.82, 2.24) is 34.3 Å². The fraction of sp³-hybridized carbons (Fsp3) is 0.120. The summed E-state index contributed by atoms with van der Waals surface area (Å²) in [6, 6.07) is 14.9. The van der Waals surface area contributed by atoms with Gasteiger partial charge in [0.15, 0.2) is 5.82 Å². The van der Waals surface area contributed by atoms with Gasteiger partial charge in [0, 0.05) is 42.0 Å². The van der Waals surface area contributed by atoms with Crippen molar-refractivity contribution in [3.8, 4) is 22.8 Å². The minimum atomic E-state index is -0.294. The molecule has 0 spiro atoms. The van der Waals surface area contributed by atoms with E-state index < -0.39 is 0 Å². The number of hydrogen-bond donors (Lipinski definition) is 1. The standard InChI is InChI=1S/C25H20N8O/c34-25(22-13-21(8-11-27-22)32-14-23(28-15-32)17-4-5-17)30-19-3-1-2-18(12-19)24-31-29-16-33(24)20-6-9-26-10-7-20/h1-3,6-17H,4-5H2,(H,30,34). The second-order valence-electron chi connectivity index (χ2n) is 8.14. The Morgan fingerprint density at radius 1 is 0.941 bits per heavy atom. The van der Waals surface area contributed by atoms with Crippen molar-refractivity contribution in [1.29, 1.82) is 0 Å². The van der Waals surface area contributed by atoms with E-state index >= 15 is 0 Å². The molecular weight excluding hydrogens is 428 g/mol. The van der Waals surface area contributed by atoms with Crippen LogP contribution in [0.2, 0.25) is 0 Å². The molecule has 9 heteroatoms. The number of aromatic nitrogens is 7. The van der Waals surface area contributed by atoms with Gasteiger partial charge in [0.25, 0.3) is 5.91 Å². The fourth-order valence-electron chi connectivity index (χ4n) is 3.83. The number of nitrogens with zero attached hydrogens (tertiary/aromatic N) is 7. The Kier molecular flexibility index (Phi) is 4.91. The molecule has 5 aromatic rings. The number of hydrogen-bond acceptors (Lipinski definition) is 6. The summed E-state index contributed by atoms with van der Waals surface area (Å²) in [6.07, 6.45) is 12.9. The molecule has 1 amide bonds. The zero-order valence-electron chi connectivity index (χ0n) is 18.1. The molecule has 6 rings (SSSR count). The first-order valence-electron chi connectivity index (χ1n) is 11.0. The Labute approximate surface area is 195 Å². The number of amides is 1. The first kappa shape index (κ1) is 20.0. The van der Waals surface area contributed by atoms with Gasteiger partial charge < -0.3 is 9.88 Å². The van der Waals surface area contributed by atoms with Crippen molar-refractivity contribution >= 4 is 11.6 Å². The number of imidazole rings is 1. The maximum atomic E-state index is 13.0. The van der Waals surface area contributed by atoms with Gasteiger partial charge in [0.2, 0.25) is 0 Å². The maximum Gasteiger partial charge on any atom is 0.274 e. The van der Waals surface area contributed by atoms with E-state index in [1.165, 1.54) is 12.8 Å². The minimum absolute atomic E-state index is 0.294. The molecule has 0 unspecified atom stereocenters. The van der Waals surface area contributed by atoms with Crippen LogP contribution in [0.15, 0.2) is 86.0 Å². The zero-order chi connectivity index (χ0) is 22.9. The second-order valence-corrected chi connectivity index (χ2v) is 8.14. The summed E-state index contributed by atoms with van der Waals surface area (Å²) in [4.78, 5) is 25.8. The van der Waals surface area contributed by atoms with Crippen LogP contribution < -0.4 is 5.32 Å². The summed E-state index contributed by atoms with van der Waals surface area (Å²) in [7, 11) is 0. The van der Waals surface area contributed by atoms with Crippen molar-refractivity contribution in [2.75, 3.05) is 5.32 Å². The Morgan fingerprint density at radius 2 is 1.79 bits per heavy atom. The summed E-state index contributed by atoms with van der Waals surface area (Å²) in [5, 5.41) is 11.3. The lowest BCUT2D eigenvalue weighted by atomic mass is 10.1. The van der Waals surface area contributed by atoms with E-state index in [2.05, 4.69) is 30.5 Å². The third-order valence-electron chi connectivity index (χ3n) is 5.74. The zero-order valence-corrected chi connectivity index (χ0v) is 18.1. The molecule has 9 nitrogen and oxygen atoms in total. The summed E-state index contributed by atoms with van der Waals surface area (Å²) < 4.78 is 3.80. The Morgan fingerprint density at radius 3 is 2.65 bits per heavy atom. The predicted molar refractivity (Wildman–Crippen MR) is 126 cm³/mol. The minimum Gasteiger partial charge on any atom is -0.321 e. The molecule has 4 aromatic heterocycles. The third kappa shape index (κ3) is 3.95. The highest BCUT2D eigenvalue weighted by Crippen LogP contribution is 2.39. The SMILES string of the molecule is O=C(Nc1cccc(-c2nncn2-c2ccncc2)c1)c1cc(-n2cnc(C3CC3)c2)ccn1. The van der Waals surface area contributed by atoms with Gasteiger partial charge in [-0.2, -0.15) is 0 Å².